The van der Waals surface area contributed by atoms with Crippen LogP contribution in [-0.4, -0.2) is 54.7 Å². The molecule has 1 aliphatic rings. The van der Waals surface area contributed by atoms with Gasteiger partial charge in [0.2, 0.25) is 0 Å². The van der Waals surface area contributed by atoms with Gasteiger partial charge in [-0.25, -0.2) is 4.79 Å². The van der Waals surface area contributed by atoms with E-state index in [4.69, 9.17) is 5.11 Å². The Kier molecular flexibility index (Phi) is 6.26. The number of likely N-dealkylation sites (N-methyl/N-ethyl adjacent to an activating group) is 1. The molecule has 0 aromatic carbocycles. The summed E-state index contributed by atoms with van der Waals surface area (Å²) < 4.78 is 0. The van der Waals surface area contributed by atoms with Gasteiger partial charge in [0.15, 0.2) is 0 Å². The van der Waals surface area contributed by atoms with Gasteiger partial charge in [0.05, 0.1) is 5.41 Å². The Morgan fingerprint density at radius 3 is 2.60 bits per heavy atom. The van der Waals surface area contributed by atoms with E-state index in [1.165, 1.54) is 12.8 Å². The number of piperidine rings is 1. The Morgan fingerprint density at radius 2 is 2.05 bits per heavy atom. The second-order valence-corrected chi connectivity index (χ2v) is 5.91. The van der Waals surface area contributed by atoms with Crippen molar-refractivity contribution in [1.29, 1.82) is 0 Å². The Bertz CT molecular complexity index is 349. The number of urea groups is 1. The lowest BCUT2D eigenvalue weighted by Gasteiger charge is -2.32. The molecule has 1 saturated heterocycles. The molecular formula is C14H27N3O3. The molecule has 2 amide bonds. The van der Waals surface area contributed by atoms with Gasteiger partial charge < -0.3 is 20.6 Å². The Labute approximate surface area is 120 Å². The Hall–Kier alpha value is -1.30. The van der Waals surface area contributed by atoms with E-state index in [2.05, 4.69) is 22.6 Å². The number of carboxylic acids is 1. The van der Waals surface area contributed by atoms with Gasteiger partial charge in [-0.2, -0.15) is 0 Å². The minimum atomic E-state index is -0.904. The lowest BCUT2D eigenvalue weighted by atomic mass is 9.88. The van der Waals surface area contributed by atoms with Gasteiger partial charge in [0.1, 0.15) is 0 Å². The van der Waals surface area contributed by atoms with E-state index in [9.17, 15) is 9.59 Å². The van der Waals surface area contributed by atoms with Crippen molar-refractivity contribution in [2.45, 2.75) is 45.6 Å². The second-order valence-electron chi connectivity index (χ2n) is 5.91. The molecule has 116 valence electrons. The summed E-state index contributed by atoms with van der Waals surface area (Å²) in [6, 6.07) is 0.0939. The fourth-order valence-corrected chi connectivity index (χ4v) is 2.30. The molecule has 3 N–H and O–H groups in total. The molecule has 1 rings (SSSR count). The first kappa shape index (κ1) is 16.8. The number of nitrogens with zero attached hydrogens (tertiary/aromatic N) is 1. The average molecular weight is 285 g/mol. The van der Waals surface area contributed by atoms with Crippen LogP contribution in [0.2, 0.25) is 0 Å². The summed E-state index contributed by atoms with van der Waals surface area (Å²) in [5, 5.41) is 14.6. The molecule has 6 nitrogen and oxygen atoms in total. The number of carboxylic acid groups (broad SMARTS) is 1. The van der Waals surface area contributed by atoms with Crippen molar-refractivity contribution in [2.75, 3.05) is 26.7 Å². The molecule has 0 aromatic rings. The number of aliphatic carboxylic acids is 1. The molecule has 6 heteroatoms. The third kappa shape index (κ3) is 4.67. The molecule has 0 aliphatic carbocycles. The minimum Gasteiger partial charge on any atom is -0.481 e. The molecule has 0 spiro atoms. The van der Waals surface area contributed by atoms with Crippen LogP contribution >= 0.6 is 0 Å². The fraction of sp³-hybridized carbons (Fsp3) is 0.857. The molecule has 0 aromatic heterocycles. The highest BCUT2D eigenvalue weighted by atomic mass is 16.4. The van der Waals surface area contributed by atoms with E-state index < -0.39 is 11.4 Å². The minimum absolute atomic E-state index is 0.144. The highest BCUT2D eigenvalue weighted by Gasteiger charge is 2.31. The second kappa shape index (κ2) is 7.47. The SMILES string of the molecule is CCC(C)(CNC(=O)NCC1CCCCN1C)C(=O)O. The largest absolute Gasteiger partial charge is 0.481 e. The quantitative estimate of drug-likeness (QED) is 0.686. The summed E-state index contributed by atoms with van der Waals surface area (Å²) in [7, 11) is 2.07. The van der Waals surface area contributed by atoms with E-state index in [1.807, 2.05) is 6.92 Å². The number of carbonyl (C=O) groups excluding carboxylic acids is 1. The summed E-state index contributed by atoms with van der Waals surface area (Å²) in [5.41, 5.74) is -0.904. The van der Waals surface area contributed by atoms with Crippen LogP contribution in [0.15, 0.2) is 0 Å². The fourth-order valence-electron chi connectivity index (χ4n) is 2.30. The van der Waals surface area contributed by atoms with Gasteiger partial charge in [0.25, 0.3) is 0 Å². The lowest BCUT2D eigenvalue weighted by Crippen LogP contribution is -2.49. The van der Waals surface area contributed by atoms with Gasteiger partial charge in [-0.15, -0.1) is 0 Å². The van der Waals surface area contributed by atoms with E-state index in [0.29, 0.717) is 19.0 Å². The monoisotopic (exact) mass is 285 g/mol. The molecule has 0 radical (unpaired) electrons. The number of rotatable bonds is 6. The molecule has 0 saturated carbocycles. The van der Waals surface area contributed by atoms with Crippen molar-refractivity contribution in [3.8, 4) is 0 Å². The molecule has 0 bridgehead atoms. The number of carbonyl (C=O) groups is 2. The summed E-state index contributed by atoms with van der Waals surface area (Å²) in [5.74, 6) is -0.882. The van der Waals surface area contributed by atoms with E-state index in [0.717, 1.165) is 13.0 Å². The Balaban J connectivity index is 2.31. The predicted molar refractivity (Wildman–Crippen MR) is 77.7 cm³/mol. The standard InChI is InChI=1S/C14H27N3O3/c1-4-14(2,12(18)19)10-16-13(20)15-9-11-7-5-6-8-17(11)3/h11H,4-10H2,1-3H3,(H,18,19)(H2,15,16,20). The van der Waals surface area contributed by atoms with E-state index >= 15 is 0 Å². The summed E-state index contributed by atoms with van der Waals surface area (Å²) in [6.45, 7) is 5.28. The number of amides is 2. The molecule has 2 atom stereocenters. The molecule has 20 heavy (non-hydrogen) atoms. The number of likely N-dealkylation sites (tertiary alicyclic amines) is 1. The van der Waals surface area contributed by atoms with Gasteiger partial charge in [-0.3, -0.25) is 4.79 Å². The molecular weight excluding hydrogens is 258 g/mol. The van der Waals surface area contributed by atoms with E-state index in [-0.39, 0.29) is 12.6 Å². The van der Waals surface area contributed by atoms with Crippen molar-refractivity contribution in [3.05, 3.63) is 0 Å². The van der Waals surface area contributed by atoms with Gasteiger partial charge in [0, 0.05) is 19.1 Å². The molecule has 1 aliphatic heterocycles. The van der Waals surface area contributed by atoms with Crippen LogP contribution in [0.5, 0.6) is 0 Å². The first-order chi connectivity index (χ1) is 9.39. The zero-order chi connectivity index (χ0) is 15.2. The molecule has 1 heterocycles. The molecule has 2 unspecified atom stereocenters. The maximum absolute atomic E-state index is 11.7. The van der Waals surface area contributed by atoms with Crippen LogP contribution in [0.3, 0.4) is 0 Å². The van der Waals surface area contributed by atoms with Crippen LogP contribution in [-0.2, 0) is 4.79 Å². The first-order valence-corrected chi connectivity index (χ1v) is 7.34. The van der Waals surface area contributed by atoms with Gasteiger partial charge in [-0.1, -0.05) is 13.3 Å². The summed E-state index contributed by atoms with van der Waals surface area (Å²) in [4.78, 5) is 25.1. The van der Waals surface area contributed by atoms with E-state index in [1.54, 1.807) is 6.92 Å². The summed E-state index contributed by atoms with van der Waals surface area (Å²) >= 11 is 0. The van der Waals surface area contributed by atoms with Crippen molar-refractivity contribution in [3.63, 3.8) is 0 Å². The van der Waals surface area contributed by atoms with Crippen molar-refractivity contribution < 1.29 is 14.7 Å². The Morgan fingerprint density at radius 1 is 1.35 bits per heavy atom. The van der Waals surface area contributed by atoms with Crippen LogP contribution in [0.25, 0.3) is 0 Å². The number of hydrogen-bond acceptors (Lipinski definition) is 3. The van der Waals surface area contributed by atoms with Crippen molar-refractivity contribution >= 4 is 12.0 Å². The van der Waals surface area contributed by atoms with Crippen LogP contribution < -0.4 is 10.6 Å². The number of nitrogens with one attached hydrogen (secondary N) is 2. The maximum Gasteiger partial charge on any atom is 0.314 e. The average Bonchev–Trinajstić information content (AvgIpc) is 2.43. The third-order valence-corrected chi connectivity index (χ3v) is 4.36. The molecule has 1 fully saturated rings. The highest BCUT2D eigenvalue weighted by molar-refractivity contribution is 5.77. The maximum atomic E-state index is 11.7. The first-order valence-electron chi connectivity index (χ1n) is 7.34. The summed E-state index contributed by atoms with van der Waals surface area (Å²) in [6.07, 6.45) is 3.99. The highest BCUT2D eigenvalue weighted by Crippen LogP contribution is 2.19. The van der Waals surface area contributed by atoms with Crippen LogP contribution in [0, 0.1) is 5.41 Å². The van der Waals surface area contributed by atoms with Crippen LogP contribution in [0.4, 0.5) is 4.79 Å². The smallest absolute Gasteiger partial charge is 0.314 e. The van der Waals surface area contributed by atoms with Crippen LogP contribution in [0.1, 0.15) is 39.5 Å². The topological polar surface area (TPSA) is 81.7 Å². The van der Waals surface area contributed by atoms with Crippen molar-refractivity contribution in [1.82, 2.24) is 15.5 Å². The van der Waals surface area contributed by atoms with Gasteiger partial charge in [-0.05, 0) is 39.8 Å². The zero-order valence-electron chi connectivity index (χ0n) is 12.7. The number of hydrogen-bond donors (Lipinski definition) is 3. The predicted octanol–water partition coefficient (Wildman–Crippen LogP) is 1.27. The third-order valence-electron chi connectivity index (χ3n) is 4.36. The lowest BCUT2D eigenvalue weighted by molar-refractivity contribution is -0.147. The zero-order valence-corrected chi connectivity index (χ0v) is 12.7. The normalized spacial score (nSPS) is 22.9. The van der Waals surface area contributed by atoms with Crippen molar-refractivity contribution in [2.24, 2.45) is 5.41 Å². The van der Waals surface area contributed by atoms with Gasteiger partial charge >= 0.3 is 12.0 Å².